The lowest BCUT2D eigenvalue weighted by molar-refractivity contribution is -0.118. The van der Waals surface area contributed by atoms with E-state index in [2.05, 4.69) is 20.9 Å². The largest absolute Gasteiger partial charge is 0.383 e. The van der Waals surface area contributed by atoms with Crippen molar-refractivity contribution in [2.75, 3.05) is 25.0 Å². The lowest BCUT2D eigenvalue weighted by atomic mass is 10.3. The monoisotopic (exact) mass is 250 g/mol. The maximum atomic E-state index is 11.6. The first kappa shape index (κ1) is 14.0. The van der Waals surface area contributed by atoms with E-state index in [1.54, 1.807) is 18.3 Å². The van der Waals surface area contributed by atoms with Gasteiger partial charge in [0.05, 0.1) is 0 Å². The number of amides is 2. The number of hydrogen-bond donors (Lipinski definition) is 3. The molecule has 1 heterocycles. The second-order valence-corrected chi connectivity index (χ2v) is 3.70. The number of pyridine rings is 1. The molecule has 0 saturated heterocycles. The van der Waals surface area contributed by atoms with E-state index in [9.17, 15) is 9.59 Å². The number of anilines is 1. The van der Waals surface area contributed by atoms with Crippen molar-refractivity contribution < 1.29 is 9.59 Å². The van der Waals surface area contributed by atoms with Crippen molar-refractivity contribution in [3.8, 4) is 0 Å². The van der Waals surface area contributed by atoms with Crippen molar-refractivity contribution in [3.05, 3.63) is 24.0 Å². The topological polar surface area (TPSA) is 83.1 Å². The van der Waals surface area contributed by atoms with Crippen molar-refractivity contribution in [2.24, 2.45) is 0 Å². The predicted molar refractivity (Wildman–Crippen MR) is 69.4 cm³/mol. The molecule has 0 unspecified atom stereocenters. The molecule has 0 atom stereocenters. The molecule has 0 spiro atoms. The molecule has 0 aliphatic heterocycles. The summed E-state index contributed by atoms with van der Waals surface area (Å²) >= 11 is 0. The molecule has 1 aromatic heterocycles. The van der Waals surface area contributed by atoms with Crippen LogP contribution < -0.4 is 16.0 Å². The van der Waals surface area contributed by atoms with Crippen LogP contribution >= 0.6 is 0 Å². The third-order valence-electron chi connectivity index (χ3n) is 2.16. The molecule has 6 nitrogen and oxygen atoms in total. The standard InChI is InChI=1S/C12H18N4O2/c1-3-13-12(18)11-8-10(4-5-16-11)15-7-6-14-9(2)17/h4-5,8H,3,6-7H2,1-2H3,(H,13,18)(H,14,17)(H,15,16). The molecule has 1 rings (SSSR count). The van der Waals surface area contributed by atoms with Gasteiger partial charge >= 0.3 is 0 Å². The molecule has 98 valence electrons. The van der Waals surface area contributed by atoms with Gasteiger partial charge < -0.3 is 16.0 Å². The Morgan fingerprint density at radius 1 is 1.28 bits per heavy atom. The Bertz CT molecular complexity index is 420. The lowest BCUT2D eigenvalue weighted by Gasteiger charge is -2.08. The average molecular weight is 250 g/mol. The summed E-state index contributed by atoms with van der Waals surface area (Å²) in [7, 11) is 0. The van der Waals surface area contributed by atoms with E-state index in [1.165, 1.54) is 6.92 Å². The van der Waals surface area contributed by atoms with E-state index in [4.69, 9.17) is 0 Å². The van der Waals surface area contributed by atoms with Gasteiger partial charge in [-0.25, -0.2) is 0 Å². The SMILES string of the molecule is CCNC(=O)c1cc(NCCNC(C)=O)ccn1. The lowest BCUT2D eigenvalue weighted by Crippen LogP contribution is -2.26. The van der Waals surface area contributed by atoms with E-state index >= 15 is 0 Å². The van der Waals surface area contributed by atoms with Crippen LogP contribution in [-0.4, -0.2) is 36.4 Å². The third kappa shape index (κ3) is 4.82. The first-order valence-electron chi connectivity index (χ1n) is 5.86. The van der Waals surface area contributed by atoms with Crippen molar-refractivity contribution >= 4 is 17.5 Å². The number of carbonyl (C=O) groups is 2. The zero-order valence-corrected chi connectivity index (χ0v) is 10.6. The summed E-state index contributed by atoms with van der Waals surface area (Å²) < 4.78 is 0. The summed E-state index contributed by atoms with van der Waals surface area (Å²) in [6.45, 7) is 5.03. The first-order valence-corrected chi connectivity index (χ1v) is 5.86. The van der Waals surface area contributed by atoms with Crippen molar-refractivity contribution in [1.29, 1.82) is 0 Å². The summed E-state index contributed by atoms with van der Waals surface area (Å²) in [4.78, 5) is 26.2. The van der Waals surface area contributed by atoms with Gasteiger partial charge in [-0.2, -0.15) is 0 Å². The third-order valence-corrected chi connectivity index (χ3v) is 2.16. The number of nitrogens with one attached hydrogen (secondary N) is 3. The molecule has 3 N–H and O–H groups in total. The van der Waals surface area contributed by atoms with Crippen LogP contribution in [0.25, 0.3) is 0 Å². The molecule has 0 fully saturated rings. The molecule has 0 bridgehead atoms. The van der Waals surface area contributed by atoms with E-state index in [-0.39, 0.29) is 11.8 Å². The maximum Gasteiger partial charge on any atom is 0.269 e. The summed E-state index contributed by atoms with van der Waals surface area (Å²) in [6, 6.07) is 3.45. The number of nitrogens with zero attached hydrogens (tertiary/aromatic N) is 1. The highest BCUT2D eigenvalue weighted by Gasteiger charge is 2.05. The van der Waals surface area contributed by atoms with Gasteiger partial charge in [0.25, 0.3) is 5.91 Å². The molecule has 6 heteroatoms. The first-order chi connectivity index (χ1) is 8.63. The second kappa shape index (κ2) is 7.26. The minimum atomic E-state index is -0.192. The Morgan fingerprint density at radius 2 is 2.06 bits per heavy atom. The Morgan fingerprint density at radius 3 is 2.72 bits per heavy atom. The van der Waals surface area contributed by atoms with Crippen molar-refractivity contribution in [1.82, 2.24) is 15.6 Å². The summed E-state index contributed by atoms with van der Waals surface area (Å²) in [5.74, 6) is -0.252. The van der Waals surface area contributed by atoms with Gasteiger partial charge in [0.2, 0.25) is 5.91 Å². The van der Waals surface area contributed by atoms with Gasteiger partial charge in [0, 0.05) is 38.4 Å². The number of hydrogen-bond acceptors (Lipinski definition) is 4. The average Bonchev–Trinajstić information content (AvgIpc) is 2.35. The molecule has 2 amide bonds. The van der Waals surface area contributed by atoms with Crippen LogP contribution in [0, 0.1) is 0 Å². The highest BCUT2D eigenvalue weighted by Crippen LogP contribution is 2.07. The summed E-state index contributed by atoms with van der Waals surface area (Å²) in [5.41, 5.74) is 1.18. The molecule has 1 aromatic rings. The highest BCUT2D eigenvalue weighted by molar-refractivity contribution is 5.93. The zero-order chi connectivity index (χ0) is 13.4. The van der Waals surface area contributed by atoms with Crippen LogP contribution in [0.2, 0.25) is 0 Å². The van der Waals surface area contributed by atoms with Gasteiger partial charge in [-0.15, -0.1) is 0 Å². The van der Waals surface area contributed by atoms with Crippen LogP contribution in [0.15, 0.2) is 18.3 Å². The Balaban J connectivity index is 2.49. The van der Waals surface area contributed by atoms with Crippen LogP contribution in [0.1, 0.15) is 24.3 Å². The quantitative estimate of drug-likeness (QED) is 0.637. The zero-order valence-electron chi connectivity index (χ0n) is 10.6. The van der Waals surface area contributed by atoms with Gasteiger partial charge in [0.1, 0.15) is 5.69 Å². The molecule has 0 radical (unpaired) electrons. The van der Waals surface area contributed by atoms with E-state index in [0.717, 1.165) is 5.69 Å². The van der Waals surface area contributed by atoms with Gasteiger partial charge in [-0.1, -0.05) is 0 Å². The maximum absolute atomic E-state index is 11.6. The van der Waals surface area contributed by atoms with E-state index < -0.39 is 0 Å². The van der Waals surface area contributed by atoms with Crippen LogP contribution in [-0.2, 0) is 4.79 Å². The minimum absolute atomic E-state index is 0.0606. The molecular weight excluding hydrogens is 232 g/mol. The Labute approximate surface area is 106 Å². The van der Waals surface area contributed by atoms with E-state index in [0.29, 0.717) is 25.3 Å². The molecular formula is C12H18N4O2. The number of aromatic nitrogens is 1. The fourth-order valence-corrected chi connectivity index (χ4v) is 1.36. The smallest absolute Gasteiger partial charge is 0.269 e. The fourth-order valence-electron chi connectivity index (χ4n) is 1.36. The Kier molecular flexibility index (Phi) is 5.63. The van der Waals surface area contributed by atoms with Crippen molar-refractivity contribution in [3.63, 3.8) is 0 Å². The summed E-state index contributed by atoms with van der Waals surface area (Å²) in [5, 5.41) is 8.46. The number of carbonyl (C=O) groups excluding carboxylic acids is 2. The Hall–Kier alpha value is -2.11. The minimum Gasteiger partial charge on any atom is -0.383 e. The second-order valence-electron chi connectivity index (χ2n) is 3.70. The van der Waals surface area contributed by atoms with Crippen LogP contribution in [0.4, 0.5) is 5.69 Å². The molecule has 0 aliphatic rings. The van der Waals surface area contributed by atoms with Gasteiger partial charge in [0.15, 0.2) is 0 Å². The summed E-state index contributed by atoms with van der Waals surface area (Å²) in [6.07, 6.45) is 1.57. The van der Waals surface area contributed by atoms with Crippen molar-refractivity contribution in [2.45, 2.75) is 13.8 Å². The molecule has 18 heavy (non-hydrogen) atoms. The van der Waals surface area contributed by atoms with Crippen LogP contribution in [0.5, 0.6) is 0 Å². The molecule has 0 saturated carbocycles. The van der Waals surface area contributed by atoms with Crippen LogP contribution in [0.3, 0.4) is 0 Å². The van der Waals surface area contributed by atoms with Gasteiger partial charge in [-0.05, 0) is 19.1 Å². The normalized spacial score (nSPS) is 9.67. The predicted octanol–water partition coefficient (Wildman–Crippen LogP) is 0.379. The highest BCUT2D eigenvalue weighted by atomic mass is 16.2. The van der Waals surface area contributed by atoms with E-state index in [1.807, 2.05) is 6.92 Å². The van der Waals surface area contributed by atoms with Gasteiger partial charge in [-0.3, -0.25) is 14.6 Å². The number of rotatable bonds is 6. The molecule has 0 aromatic carbocycles. The fraction of sp³-hybridized carbons (Fsp3) is 0.417. The molecule has 0 aliphatic carbocycles.